The van der Waals surface area contributed by atoms with Crippen LogP contribution in [0.4, 0.5) is 11.5 Å². The van der Waals surface area contributed by atoms with E-state index in [2.05, 4.69) is 4.98 Å². The number of carbonyl (C=O) groups excluding carboxylic acids is 1. The third-order valence-corrected chi connectivity index (χ3v) is 3.20. The lowest BCUT2D eigenvalue weighted by molar-refractivity contribution is 0.0527. The number of furan rings is 1. The summed E-state index contributed by atoms with van der Waals surface area (Å²) in [5.74, 6) is 0.953. The predicted molar refractivity (Wildman–Crippen MR) is 80.2 cm³/mol. The van der Waals surface area contributed by atoms with Crippen LogP contribution in [0.1, 0.15) is 28.6 Å². The van der Waals surface area contributed by atoms with Crippen LogP contribution in [0.25, 0.3) is 0 Å². The van der Waals surface area contributed by atoms with Crippen LogP contribution < -0.4 is 10.6 Å². The molecule has 2 heterocycles. The molecular formula is C15H19N3O3. The van der Waals surface area contributed by atoms with Crippen LogP contribution in [0.15, 0.2) is 29.0 Å². The van der Waals surface area contributed by atoms with E-state index in [4.69, 9.17) is 14.9 Å². The van der Waals surface area contributed by atoms with Crippen molar-refractivity contribution in [1.29, 1.82) is 0 Å². The fraction of sp³-hybridized carbons (Fsp3) is 0.333. The maximum atomic E-state index is 11.8. The first-order valence-corrected chi connectivity index (χ1v) is 6.70. The van der Waals surface area contributed by atoms with Gasteiger partial charge in [-0.2, -0.15) is 0 Å². The zero-order valence-corrected chi connectivity index (χ0v) is 12.4. The Morgan fingerprint density at radius 3 is 2.86 bits per heavy atom. The molecule has 0 aromatic carbocycles. The first-order valence-electron chi connectivity index (χ1n) is 6.70. The number of carbonyl (C=O) groups is 1. The van der Waals surface area contributed by atoms with E-state index in [0.29, 0.717) is 30.2 Å². The van der Waals surface area contributed by atoms with Crippen LogP contribution in [0.5, 0.6) is 0 Å². The van der Waals surface area contributed by atoms with Gasteiger partial charge in [-0.1, -0.05) is 0 Å². The van der Waals surface area contributed by atoms with Crippen LogP contribution in [0, 0.1) is 6.92 Å². The van der Waals surface area contributed by atoms with Crippen molar-refractivity contribution in [3.63, 3.8) is 0 Å². The number of pyridine rings is 1. The summed E-state index contributed by atoms with van der Waals surface area (Å²) in [4.78, 5) is 18.0. The zero-order chi connectivity index (χ0) is 15.4. The fourth-order valence-corrected chi connectivity index (χ4v) is 2.06. The van der Waals surface area contributed by atoms with Crippen molar-refractivity contribution in [2.45, 2.75) is 20.4 Å². The van der Waals surface area contributed by atoms with Crippen LogP contribution in [0.3, 0.4) is 0 Å². The highest BCUT2D eigenvalue weighted by atomic mass is 16.5. The number of esters is 1. The lowest BCUT2D eigenvalue weighted by Gasteiger charge is -2.20. The monoisotopic (exact) mass is 289 g/mol. The van der Waals surface area contributed by atoms with E-state index < -0.39 is 5.97 Å². The van der Waals surface area contributed by atoms with Gasteiger partial charge in [0, 0.05) is 25.4 Å². The minimum atomic E-state index is -0.438. The van der Waals surface area contributed by atoms with Crippen LogP contribution >= 0.6 is 0 Å². The fourth-order valence-electron chi connectivity index (χ4n) is 2.06. The summed E-state index contributed by atoms with van der Waals surface area (Å²) in [6.45, 7) is 4.55. The number of nitrogens with two attached hydrogens (primary N) is 1. The quantitative estimate of drug-likeness (QED) is 0.851. The third-order valence-electron chi connectivity index (χ3n) is 3.20. The van der Waals surface area contributed by atoms with E-state index in [0.717, 1.165) is 11.3 Å². The topological polar surface area (TPSA) is 81.6 Å². The van der Waals surface area contributed by atoms with E-state index in [1.54, 1.807) is 25.5 Å². The lowest BCUT2D eigenvalue weighted by atomic mass is 10.2. The smallest absolute Gasteiger partial charge is 0.340 e. The Balaban J connectivity index is 2.25. The molecular weight excluding hydrogens is 270 g/mol. The van der Waals surface area contributed by atoms with Crippen molar-refractivity contribution in [3.8, 4) is 0 Å². The molecule has 6 nitrogen and oxygen atoms in total. The number of aryl methyl sites for hydroxylation is 1. The molecule has 112 valence electrons. The summed E-state index contributed by atoms with van der Waals surface area (Å²) < 4.78 is 10.3. The summed E-state index contributed by atoms with van der Waals surface area (Å²) in [7, 11) is 1.86. The molecule has 2 aromatic rings. The Labute approximate surface area is 123 Å². The molecule has 0 atom stereocenters. The van der Waals surface area contributed by atoms with E-state index in [9.17, 15) is 4.79 Å². The van der Waals surface area contributed by atoms with E-state index in [1.165, 1.54) is 0 Å². The van der Waals surface area contributed by atoms with Crippen LogP contribution in [0.2, 0.25) is 0 Å². The van der Waals surface area contributed by atoms with Gasteiger partial charge in [0.1, 0.15) is 5.76 Å². The molecule has 0 spiro atoms. The largest absolute Gasteiger partial charge is 0.469 e. The van der Waals surface area contributed by atoms with Crippen LogP contribution in [-0.2, 0) is 11.3 Å². The van der Waals surface area contributed by atoms with E-state index in [-0.39, 0.29) is 0 Å². The van der Waals surface area contributed by atoms with Gasteiger partial charge in [0.05, 0.1) is 24.1 Å². The second-order valence-electron chi connectivity index (χ2n) is 4.67. The van der Waals surface area contributed by atoms with Gasteiger partial charge in [-0.15, -0.1) is 0 Å². The minimum absolute atomic E-state index is 0.306. The van der Waals surface area contributed by atoms with Gasteiger partial charge >= 0.3 is 5.97 Å². The highest BCUT2D eigenvalue weighted by Crippen LogP contribution is 2.25. The number of anilines is 2. The van der Waals surface area contributed by atoms with Crippen molar-refractivity contribution in [1.82, 2.24) is 4.98 Å². The molecule has 2 rings (SSSR count). The van der Waals surface area contributed by atoms with E-state index in [1.807, 2.05) is 24.9 Å². The Bertz CT molecular complexity index is 637. The molecule has 6 heteroatoms. The number of aromatic nitrogens is 1. The summed E-state index contributed by atoms with van der Waals surface area (Å²) in [5, 5.41) is 0. The lowest BCUT2D eigenvalue weighted by Crippen LogP contribution is -2.21. The summed E-state index contributed by atoms with van der Waals surface area (Å²) in [5.41, 5.74) is 7.75. The molecule has 0 saturated heterocycles. The molecule has 0 saturated carbocycles. The summed E-state index contributed by atoms with van der Waals surface area (Å²) >= 11 is 0. The van der Waals surface area contributed by atoms with Crippen molar-refractivity contribution >= 4 is 17.5 Å². The molecule has 21 heavy (non-hydrogen) atoms. The number of rotatable bonds is 5. The Kier molecular flexibility index (Phi) is 4.47. The molecule has 0 aliphatic heterocycles. The maximum Gasteiger partial charge on any atom is 0.340 e. The van der Waals surface area contributed by atoms with Crippen molar-refractivity contribution in [2.24, 2.45) is 0 Å². The predicted octanol–water partition coefficient (Wildman–Crippen LogP) is 2.38. The molecule has 0 aliphatic carbocycles. The molecule has 2 N–H and O–H groups in total. The van der Waals surface area contributed by atoms with Crippen molar-refractivity contribution in [3.05, 3.63) is 41.5 Å². The Hall–Kier alpha value is -2.50. The van der Waals surface area contributed by atoms with Gasteiger partial charge in [0.25, 0.3) is 0 Å². The third kappa shape index (κ3) is 3.16. The maximum absolute atomic E-state index is 11.8. The molecule has 0 unspecified atom stereocenters. The number of nitrogen functional groups attached to an aromatic ring is 1. The average molecular weight is 289 g/mol. The first kappa shape index (κ1) is 14.9. The summed E-state index contributed by atoms with van der Waals surface area (Å²) in [6.07, 6.45) is 3.20. The molecule has 0 aliphatic rings. The number of ether oxygens (including phenoxy) is 1. The van der Waals surface area contributed by atoms with Gasteiger partial charge in [0.2, 0.25) is 0 Å². The number of hydrogen-bond acceptors (Lipinski definition) is 6. The SMILES string of the molecule is CCOC(=O)c1ccnc(N(C)Cc2ccoc2C)c1N. The van der Waals surface area contributed by atoms with Gasteiger partial charge in [0.15, 0.2) is 5.82 Å². The second-order valence-corrected chi connectivity index (χ2v) is 4.67. The second kappa shape index (κ2) is 6.30. The number of hydrogen-bond donors (Lipinski definition) is 1. The Morgan fingerprint density at radius 2 is 2.24 bits per heavy atom. The van der Waals surface area contributed by atoms with Crippen molar-refractivity contribution < 1.29 is 13.9 Å². The zero-order valence-electron chi connectivity index (χ0n) is 12.4. The molecule has 0 radical (unpaired) electrons. The minimum Gasteiger partial charge on any atom is -0.469 e. The molecule has 0 amide bonds. The van der Waals surface area contributed by atoms with Gasteiger partial charge in [-0.05, 0) is 26.0 Å². The molecule has 0 fully saturated rings. The van der Waals surface area contributed by atoms with E-state index >= 15 is 0 Å². The molecule has 0 bridgehead atoms. The highest BCUT2D eigenvalue weighted by Gasteiger charge is 2.17. The average Bonchev–Trinajstić information content (AvgIpc) is 2.84. The first-order chi connectivity index (χ1) is 10.0. The highest BCUT2D eigenvalue weighted by molar-refractivity contribution is 5.97. The molecule has 2 aromatic heterocycles. The van der Waals surface area contributed by atoms with Gasteiger partial charge in [-0.25, -0.2) is 9.78 Å². The standard InChI is InChI=1S/C15H19N3O3/c1-4-20-15(19)12-5-7-17-14(13(12)16)18(3)9-11-6-8-21-10(11)2/h5-8H,4,9,16H2,1-3H3. The number of nitrogens with zero attached hydrogens (tertiary/aromatic N) is 2. The van der Waals surface area contributed by atoms with Crippen molar-refractivity contribution in [2.75, 3.05) is 24.3 Å². The van der Waals surface area contributed by atoms with Crippen LogP contribution in [-0.4, -0.2) is 24.6 Å². The Morgan fingerprint density at radius 1 is 1.48 bits per heavy atom. The summed E-state index contributed by atoms with van der Waals surface area (Å²) in [6, 6.07) is 3.46. The van der Waals surface area contributed by atoms with Gasteiger partial charge in [-0.3, -0.25) is 0 Å². The van der Waals surface area contributed by atoms with Gasteiger partial charge < -0.3 is 19.8 Å². The normalized spacial score (nSPS) is 10.4.